The fraction of sp³-hybridized carbons (Fsp3) is 0.680. The average Bonchev–Trinajstić information content (AvgIpc) is 3.24. The first-order valence-corrected chi connectivity index (χ1v) is 11.6. The third kappa shape index (κ3) is 3.13. The molecular weight excluding hydrogens is 396 g/mol. The van der Waals surface area contributed by atoms with Crippen molar-refractivity contribution in [2.75, 3.05) is 19.8 Å². The second kappa shape index (κ2) is 7.31. The number of hydrogen-bond donors (Lipinski definition) is 0. The Balaban J connectivity index is 1.63. The highest BCUT2D eigenvalue weighted by Crippen LogP contribution is 2.67. The number of para-hydroxylation sites is 1. The molecule has 6 heteroatoms. The number of carbonyl (C=O) groups excluding carboxylic acids is 2. The molecule has 1 aromatic rings. The second-order valence-electron chi connectivity index (χ2n) is 10.4. The second-order valence-corrected chi connectivity index (χ2v) is 10.4. The summed E-state index contributed by atoms with van der Waals surface area (Å²) in [5.41, 5.74) is -0.0114. The third-order valence-electron chi connectivity index (χ3n) is 7.89. The lowest BCUT2D eigenvalue weighted by Gasteiger charge is -2.59. The lowest BCUT2D eigenvalue weighted by atomic mass is 9.51. The van der Waals surface area contributed by atoms with Crippen LogP contribution in [0.4, 0.5) is 0 Å². The lowest BCUT2D eigenvalue weighted by Crippen LogP contribution is -2.64. The van der Waals surface area contributed by atoms with Crippen LogP contribution in [0.15, 0.2) is 24.3 Å². The molecule has 0 bridgehead atoms. The van der Waals surface area contributed by atoms with Gasteiger partial charge in [-0.25, -0.2) is 0 Å². The lowest BCUT2D eigenvalue weighted by molar-refractivity contribution is -0.349. The standard InChI is InChI=1S/C25H32O6/c1-4-28-21(26)13-24-17-9-7-10-18(17)25(29-14-23(2,3)15-30-25)12-19(24)16-8-5-6-11-20(16)31-22(24)27/h5-6,8,11,17-19H,4,7,9-10,12-15H2,1-3H3. The maximum Gasteiger partial charge on any atom is 0.319 e. The van der Waals surface area contributed by atoms with E-state index in [1.165, 1.54) is 0 Å². The largest absolute Gasteiger partial charge is 0.466 e. The van der Waals surface area contributed by atoms with Gasteiger partial charge in [0, 0.05) is 23.7 Å². The van der Waals surface area contributed by atoms with E-state index in [-0.39, 0.29) is 41.5 Å². The molecule has 31 heavy (non-hydrogen) atoms. The van der Waals surface area contributed by atoms with E-state index < -0.39 is 11.2 Å². The fourth-order valence-corrected chi connectivity index (χ4v) is 6.54. The molecule has 0 N–H and O–H groups in total. The van der Waals surface area contributed by atoms with E-state index >= 15 is 0 Å². The summed E-state index contributed by atoms with van der Waals surface area (Å²) in [6, 6.07) is 7.69. The molecule has 2 aliphatic carbocycles. The molecule has 0 amide bonds. The number of ether oxygens (including phenoxy) is 4. The highest BCUT2D eigenvalue weighted by molar-refractivity contribution is 5.88. The fourth-order valence-electron chi connectivity index (χ4n) is 6.54. The Bertz CT molecular complexity index is 882. The maximum atomic E-state index is 13.7. The van der Waals surface area contributed by atoms with Gasteiger partial charge in [0.05, 0.1) is 31.7 Å². The normalized spacial score (nSPS) is 34.9. The summed E-state index contributed by atoms with van der Waals surface area (Å²) in [5.74, 6) is -0.965. The Labute approximate surface area is 183 Å². The van der Waals surface area contributed by atoms with Crippen LogP contribution in [-0.4, -0.2) is 37.5 Å². The summed E-state index contributed by atoms with van der Waals surface area (Å²) in [6.45, 7) is 7.63. The Kier molecular flexibility index (Phi) is 4.94. The third-order valence-corrected chi connectivity index (χ3v) is 7.89. The van der Waals surface area contributed by atoms with Crippen LogP contribution in [-0.2, 0) is 23.8 Å². The minimum Gasteiger partial charge on any atom is -0.466 e. The predicted octanol–water partition coefficient (Wildman–Crippen LogP) is 4.22. The Morgan fingerprint density at radius 3 is 2.58 bits per heavy atom. The van der Waals surface area contributed by atoms with Gasteiger partial charge in [0.15, 0.2) is 5.79 Å². The van der Waals surface area contributed by atoms with Crippen molar-refractivity contribution in [1.82, 2.24) is 0 Å². The van der Waals surface area contributed by atoms with Crippen molar-refractivity contribution in [3.8, 4) is 5.75 Å². The quantitative estimate of drug-likeness (QED) is 0.530. The molecule has 0 radical (unpaired) electrons. The van der Waals surface area contributed by atoms with Gasteiger partial charge in [-0.2, -0.15) is 0 Å². The van der Waals surface area contributed by atoms with Crippen LogP contribution in [0, 0.1) is 22.7 Å². The van der Waals surface area contributed by atoms with Crippen LogP contribution in [0.3, 0.4) is 0 Å². The van der Waals surface area contributed by atoms with Crippen LogP contribution in [0.2, 0.25) is 0 Å². The Morgan fingerprint density at radius 1 is 1.13 bits per heavy atom. The van der Waals surface area contributed by atoms with E-state index in [4.69, 9.17) is 18.9 Å². The number of carbonyl (C=O) groups is 2. The number of benzene rings is 1. The number of rotatable bonds is 3. The zero-order valence-electron chi connectivity index (χ0n) is 18.6. The molecule has 4 unspecified atom stereocenters. The summed E-state index contributed by atoms with van der Waals surface area (Å²) < 4.78 is 24.3. The van der Waals surface area contributed by atoms with E-state index in [1.54, 1.807) is 6.92 Å². The van der Waals surface area contributed by atoms with Crippen molar-refractivity contribution in [1.29, 1.82) is 0 Å². The van der Waals surface area contributed by atoms with Gasteiger partial charge in [0.2, 0.25) is 0 Å². The molecule has 5 rings (SSSR count). The van der Waals surface area contributed by atoms with Crippen molar-refractivity contribution in [2.24, 2.45) is 22.7 Å². The first-order chi connectivity index (χ1) is 14.8. The Hall–Kier alpha value is -1.92. The zero-order chi connectivity index (χ0) is 21.9. The molecule has 168 valence electrons. The van der Waals surface area contributed by atoms with E-state index in [9.17, 15) is 9.59 Å². The molecule has 2 saturated carbocycles. The molecule has 1 spiro atoms. The zero-order valence-corrected chi connectivity index (χ0v) is 18.6. The maximum absolute atomic E-state index is 13.7. The minimum absolute atomic E-state index is 0.0395. The monoisotopic (exact) mass is 428 g/mol. The first-order valence-electron chi connectivity index (χ1n) is 11.6. The van der Waals surface area contributed by atoms with Gasteiger partial charge in [-0.15, -0.1) is 0 Å². The van der Waals surface area contributed by atoms with E-state index in [1.807, 2.05) is 24.3 Å². The summed E-state index contributed by atoms with van der Waals surface area (Å²) >= 11 is 0. The van der Waals surface area contributed by atoms with Crippen LogP contribution in [0.25, 0.3) is 0 Å². The molecule has 1 aromatic carbocycles. The van der Waals surface area contributed by atoms with Gasteiger partial charge >= 0.3 is 11.9 Å². The van der Waals surface area contributed by atoms with Crippen molar-refractivity contribution < 1.29 is 28.5 Å². The highest BCUT2D eigenvalue weighted by atomic mass is 16.7. The molecule has 2 heterocycles. The smallest absolute Gasteiger partial charge is 0.319 e. The molecular formula is C25H32O6. The van der Waals surface area contributed by atoms with Crippen LogP contribution in [0.5, 0.6) is 5.75 Å². The number of fused-ring (bicyclic) bond motifs is 6. The minimum atomic E-state index is -0.938. The summed E-state index contributed by atoms with van der Waals surface area (Å²) in [6.07, 6.45) is 3.36. The summed E-state index contributed by atoms with van der Waals surface area (Å²) in [5, 5.41) is 0. The van der Waals surface area contributed by atoms with E-state index in [0.29, 0.717) is 32.0 Å². The average molecular weight is 429 g/mol. The van der Waals surface area contributed by atoms with Crippen molar-refractivity contribution in [2.45, 2.75) is 64.6 Å². The Morgan fingerprint density at radius 2 is 1.84 bits per heavy atom. The molecule has 0 aromatic heterocycles. The number of hydrogen-bond acceptors (Lipinski definition) is 6. The SMILES string of the molecule is CCOC(=O)CC12C(=O)Oc3ccccc3C1CC1(OCC(C)(C)CO1)C1CCCC12. The van der Waals surface area contributed by atoms with Gasteiger partial charge in [0.25, 0.3) is 0 Å². The van der Waals surface area contributed by atoms with Crippen molar-refractivity contribution in [3.05, 3.63) is 29.8 Å². The van der Waals surface area contributed by atoms with Gasteiger partial charge in [0.1, 0.15) is 5.75 Å². The van der Waals surface area contributed by atoms with Gasteiger partial charge in [-0.3, -0.25) is 9.59 Å². The summed E-state index contributed by atoms with van der Waals surface area (Å²) in [4.78, 5) is 26.4. The van der Waals surface area contributed by atoms with Crippen molar-refractivity contribution in [3.63, 3.8) is 0 Å². The predicted molar refractivity (Wildman–Crippen MR) is 112 cm³/mol. The van der Waals surface area contributed by atoms with E-state index in [0.717, 1.165) is 24.8 Å². The molecule has 4 aliphatic rings. The highest BCUT2D eigenvalue weighted by Gasteiger charge is 2.69. The van der Waals surface area contributed by atoms with Gasteiger partial charge in [-0.1, -0.05) is 38.5 Å². The number of esters is 2. The first kappa shape index (κ1) is 21.0. The molecule has 3 fully saturated rings. The molecule has 1 saturated heterocycles. The summed E-state index contributed by atoms with van der Waals surface area (Å²) in [7, 11) is 0. The molecule has 4 atom stereocenters. The topological polar surface area (TPSA) is 71.1 Å². The van der Waals surface area contributed by atoms with E-state index in [2.05, 4.69) is 13.8 Å². The van der Waals surface area contributed by atoms with Gasteiger partial charge < -0.3 is 18.9 Å². The molecule has 2 aliphatic heterocycles. The van der Waals surface area contributed by atoms with Crippen LogP contribution in [0.1, 0.15) is 64.4 Å². The molecule has 6 nitrogen and oxygen atoms in total. The van der Waals surface area contributed by atoms with Crippen LogP contribution >= 0.6 is 0 Å². The van der Waals surface area contributed by atoms with Gasteiger partial charge in [-0.05, 0) is 37.3 Å². The van der Waals surface area contributed by atoms with Crippen LogP contribution < -0.4 is 4.74 Å². The van der Waals surface area contributed by atoms with Crippen molar-refractivity contribution >= 4 is 11.9 Å².